The Hall–Kier alpha value is -1.94. The molecular weight excluding hydrogens is 182 g/mol. The van der Waals surface area contributed by atoms with Crippen LogP contribution in [0.4, 0.5) is 0 Å². The van der Waals surface area contributed by atoms with Crippen LogP contribution in [-0.2, 0) is 6.54 Å². The van der Waals surface area contributed by atoms with Crippen molar-refractivity contribution < 1.29 is 0 Å². The van der Waals surface area contributed by atoms with Crippen LogP contribution in [-0.4, -0.2) is 0 Å². The predicted octanol–water partition coefficient (Wildman–Crippen LogP) is 2.91. The van der Waals surface area contributed by atoms with Crippen molar-refractivity contribution >= 4 is 10.8 Å². The van der Waals surface area contributed by atoms with Crippen LogP contribution < -0.4 is 5.32 Å². The summed E-state index contributed by atoms with van der Waals surface area (Å²) in [6, 6.07) is 17.6. The summed E-state index contributed by atoms with van der Waals surface area (Å²) in [5.74, 6) is 2.82. The summed E-state index contributed by atoms with van der Waals surface area (Å²) >= 11 is 0. The smallest absolute Gasteiger partial charge is 0.0486 e. The van der Waals surface area contributed by atoms with Gasteiger partial charge in [-0.25, -0.2) is 0 Å². The monoisotopic (exact) mass is 195 g/mol. The second kappa shape index (κ2) is 4.52. The van der Waals surface area contributed by atoms with Gasteiger partial charge in [-0.3, -0.25) is 0 Å². The van der Waals surface area contributed by atoms with Gasteiger partial charge in [0.25, 0.3) is 0 Å². The highest BCUT2D eigenvalue weighted by atomic mass is 14.8. The maximum atomic E-state index is 3.08. The minimum absolute atomic E-state index is 0.794. The number of nitrogens with one attached hydrogen (secondary N) is 1. The normalized spacial score (nSPS) is 9.40. The molecule has 0 aliphatic heterocycles. The molecule has 15 heavy (non-hydrogen) atoms. The standard InChI is InChI=1S/C14H13N/c1-2-10-15-11-13-8-5-7-12-6-3-4-9-14(12)13/h3-9,15H,11H2,1H3. The van der Waals surface area contributed by atoms with Crippen molar-refractivity contribution in [3.8, 4) is 12.0 Å². The fourth-order valence-corrected chi connectivity index (χ4v) is 1.67. The lowest BCUT2D eigenvalue weighted by Crippen LogP contribution is -2.05. The summed E-state index contributed by atoms with van der Waals surface area (Å²) in [6.07, 6.45) is 0. The molecule has 0 aliphatic carbocycles. The molecule has 2 aromatic carbocycles. The molecule has 0 bridgehead atoms. The molecule has 0 unspecified atom stereocenters. The maximum Gasteiger partial charge on any atom is 0.0486 e. The highest BCUT2D eigenvalue weighted by Gasteiger charge is 1.97. The van der Waals surface area contributed by atoms with Crippen molar-refractivity contribution in [1.82, 2.24) is 5.32 Å². The molecule has 1 nitrogen and oxygen atoms in total. The van der Waals surface area contributed by atoms with E-state index in [2.05, 4.69) is 59.7 Å². The molecule has 0 saturated carbocycles. The third-order valence-corrected chi connectivity index (χ3v) is 2.37. The van der Waals surface area contributed by atoms with Crippen LogP contribution in [0.2, 0.25) is 0 Å². The zero-order chi connectivity index (χ0) is 10.5. The largest absolute Gasteiger partial charge is 0.341 e. The number of fused-ring (bicyclic) bond motifs is 1. The van der Waals surface area contributed by atoms with Gasteiger partial charge < -0.3 is 5.32 Å². The van der Waals surface area contributed by atoms with E-state index in [9.17, 15) is 0 Å². The lowest BCUT2D eigenvalue weighted by Gasteiger charge is -2.04. The first-order valence-electron chi connectivity index (χ1n) is 5.03. The first kappa shape index (κ1) is 9.61. The third-order valence-electron chi connectivity index (χ3n) is 2.37. The van der Waals surface area contributed by atoms with Gasteiger partial charge in [0.1, 0.15) is 0 Å². The summed E-state index contributed by atoms with van der Waals surface area (Å²) in [4.78, 5) is 0. The summed E-state index contributed by atoms with van der Waals surface area (Å²) < 4.78 is 0. The van der Waals surface area contributed by atoms with Gasteiger partial charge in [0.15, 0.2) is 0 Å². The molecule has 0 aromatic heterocycles. The Morgan fingerprint density at radius 2 is 1.87 bits per heavy atom. The molecule has 2 aromatic rings. The van der Waals surface area contributed by atoms with Crippen LogP contribution in [0.15, 0.2) is 42.5 Å². The molecule has 0 saturated heterocycles. The minimum atomic E-state index is 0.794. The van der Waals surface area contributed by atoms with Crippen LogP contribution in [0.5, 0.6) is 0 Å². The average Bonchev–Trinajstić information content (AvgIpc) is 2.30. The van der Waals surface area contributed by atoms with Gasteiger partial charge >= 0.3 is 0 Å². The van der Waals surface area contributed by atoms with Crippen LogP contribution >= 0.6 is 0 Å². The summed E-state index contributed by atoms with van der Waals surface area (Å²) in [6.45, 7) is 2.62. The Morgan fingerprint density at radius 1 is 1.07 bits per heavy atom. The Morgan fingerprint density at radius 3 is 2.73 bits per heavy atom. The number of benzene rings is 2. The molecule has 1 heteroatoms. The molecule has 1 N–H and O–H groups in total. The average molecular weight is 195 g/mol. The third kappa shape index (κ3) is 2.11. The van der Waals surface area contributed by atoms with Crippen molar-refractivity contribution in [3.05, 3.63) is 48.0 Å². The Kier molecular flexibility index (Phi) is 2.90. The van der Waals surface area contributed by atoms with E-state index in [4.69, 9.17) is 0 Å². The van der Waals surface area contributed by atoms with Crippen LogP contribution in [0, 0.1) is 12.0 Å². The van der Waals surface area contributed by atoms with E-state index in [0.717, 1.165) is 6.54 Å². The van der Waals surface area contributed by atoms with Crippen molar-refractivity contribution in [2.75, 3.05) is 0 Å². The molecule has 0 atom stereocenters. The first-order valence-corrected chi connectivity index (χ1v) is 5.03. The van der Waals surface area contributed by atoms with Crippen LogP contribution in [0.25, 0.3) is 10.8 Å². The van der Waals surface area contributed by atoms with E-state index in [1.54, 1.807) is 0 Å². The van der Waals surface area contributed by atoms with Crippen molar-refractivity contribution in [2.24, 2.45) is 0 Å². The Bertz CT molecular complexity index is 512. The summed E-state index contributed by atoms with van der Waals surface area (Å²) in [5, 5.41) is 5.66. The van der Waals surface area contributed by atoms with E-state index < -0.39 is 0 Å². The lowest BCUT2D eigenvalue weighted by molar-refractivity contribution is 0.907. The fraction of sp³-hybridized carbons (Fsp3) is 0.143. The minimum Gasteiger partial charge on any atom is -0.341 e. The first-order chi connectivity index (χ1) is 7.42. The number of rotatable bonds is 2. The van der Waals surface area contributed by atoms with Gasteiger partial charge in [0, 0.05) is 12.6 Å². The van der Waals surface area contributed by atoms with E-state index in [1.165, 1.54) is 16.3 Å². The molecule has 0 fully saturated rings. The van der Waals surface area contributed by atoms with E-state index in [1.807, 2.05) is 6.92 Å². The molecule has 0 radical (unpaired) electrons. The lowest BCUT2D eigenvalue weighted by atomic mass is 10.0. The molecule has 0 heterocycles. The quantitative estimate of drug-likeness (QED) is 0.574. The van der Waals surface area contributed by atoms with Crippen molar-refractivity contribution in [1.29, 1.82) is 0 Å². The van der Waals surface area contributed by atoms with Crippen LogP contribution in [0.1, 0.15) is 12.5 Å². The number of hydrogen-bond acceptors (Lipinski definition) is 1. The second-order valence-electron chi connectivity index (χ2n) is 3.37. The molecular formula is C14H13N. The molecule has 0 spiro atoms. The molecule has 74 valence electrons. The summed E-state index contributed by atoms with van der Waals surface area (Å²) in [7, 11) is 0. The Labute approximate surface area is 90.1 Å². The van der Waals surface area contributed by atoms with Gasteiger partial charge in [-0.15, -0.1) is 0 Å². The van der Waals surface area contributed by atoms with E-state index in [0.29, 0.717) is 0 Å². The maximum absolute atomic E-state index is 3.08. The highest BCUT2D eigenvalue weighted by Crippen LogP contribution is 2.17. The van der Waals surface area contributed by atoms with Crippen molar-refractivity contribution in [2.45, 2.75) is 13.5 Å². The van der Waals surface area contributed by atoms with Gasteiger partial charge in [0.05, 0.1) is 0 Å². The fourth-order valence-electron chi connectivity index (χ4n) is 1.67. The van der Waals surface area contributed by atoms with E-state index in [-0.39, 0.29) is 0 Å². The Balaban J connectivity index is 2.36. The van der Waals surface area contributed by atoms with Gasteiger partial charge in [-0.2, -0.15) is 0 Å². The topological polar surface area (TPSA) is 12.0 Å². The summed E-state index contributed by atoms with van der Waals surface area (Å²) in [5.41, 5.74) is 1.29. The zero-order valence-corrected chi connectivity index (χ0v) is 8.75. The van der Waals surface area contributed by atoms with Crippen LogP contribution in [0.3, 0.4) is 0 Å². The zero-order valence-electron chi connectivity index (χ0n) is 8.75. The van der Waals surface area contributed by atoms with Gasteiger partial charge in [-0.1, -0.05) is 48.4 Å². The predicted molar refractivity (Wildman–Crippen MR) is 64.2 cm³/mol. The molecule has 2 rings (SSSR count). The SMILES string of the molecule is CC#CNCc1cccc2ccccc12. The molecule has 0 amide bonds. The number of hydrogen-bond donors (Lipinski definition) is 1. The second-order valence-corrected chi connectivity index (χ2v) is 3.37. The molecule has 0 aliphatic rings. The van der Waals surface area contributed by atoms with E-state index >= 15 is 0 Å². The van der Waals surface area contributed by atoms with Gasteiger partial charge in [-0.05, 0) is 23.3 Å². The van der Waals surface area contributed by atoms with Gasteiger partial charge in [0.2, 0.25) is 0 Å². The van der Waals surface area contributed by atoms with Crippen molar-refractivity contribution in [3.63, 3.8) is 0 Å². The highest BCUT2D eigenvalue weighted by molar-refractivity contribution is 5.85.